The Labute approximate surface area is 189 Å². The Morgan fingerprint density at radius 3 is 2.53 bits per heavy atom. The van der Waals surface area contributed by atoms with E-state index in [9.17, 15) is 14.4 Å². The third-order valence-corrected chi connectivity index (χ3v) is 5.31. The van der Waals surface area contributed by atoms with Gasteiger partial charge in [0.05, 0.1) is 24.9 Å². The number of rotatable bonds is 5. The second-order valence-corrected chi connectivity index (χ2v) is 7.62. The maximum atomic E-state index is 13.5. The van der Waals surface area contributed by atoms with E-state index in [4.69, 9.17) is 16.3 Å². The quantitative estimate of drug-likeness (QED) is 0.606. The van der Waals surface area contributed by atoms with Crippen molar-refractivity contribution in [2.45, 2.75) is 12.5 Å². The molecule has 3 aromatic rings. The summed E-state index contributed by atoms with van der Waals surface area (Å²) >= 11 is 5.98. The summed E-state index contributed by atoms with van der Waals surface area (Å²) in [5.74, 6) is -0.641. The predicted octanol–water partition coefficient (Wildman–Crippen LogP) is 4.34. The van der Waals surface area contributed by atoms with Crippen LogP contribution in [0.3, 0.4) is 0 Å². The molecule has 0 bridgehead atoms. The molecule has 0 spiro atoms. The van der Waals surface area contributed by atoms with Crippen molar-refractivity contribution in [1.29, 1.82) is 0 Å². The molecule has 1 aliphatic heterocycles. The summed E-state index contributed by atoms with van der Waals surface area (Å²) in [6.07, 6.45) is -0.228. The van der Waals surface area contributed by atoms with Gasteiger partial charge in [-0.15, -0.1) is 0 Å². The summed E-state index contributed by atoms with van der Waals surface area (Å²) in [7, 11) is 1.54. The topological polar surface area (TPSA) is 87.7 Å². The number of hydrogen-bond acceptors (Lipinski definition) is 4. The Balaban J connectivity index is 1.65. The fraction of sp³-hybridized carbons (Fsp3) is 0.125. The minimum Gasteiger partial charge on any atom is -0.497 e. The molecule has 0 unspecified atom stereocenters. The van der Waals surface area contributed by atoms with Crippen LogP contribution in [0, 0.1) is 0 Å². The van der Waals surface area contributed by atoms with Crippen LogP contribution < -0.4 is 20.3 Å². The van der Waals surface area contributed by atoms with Gasteiger partial charge in [0, 0.05) is 16.3 Å². The zero-order chi connectivity index (χ0) is 22.7. The number of nitrogens with zero attached hydrogens (tertiary/aromatic N) is 1. The van der Waals surface area contributed by atoms with Gasteiger partial charge < -0.3 is 15.4 Å². The van der Waals surface area contributed by atoms with Gasteiger partial charge in [0.1, 0.15) is 11.8 Å². The Kier molecular flexibility index (Phi) is 6.09. The highest BCUT2D eigenvalue weighted by Gasteiger charge is 2.38. The molecule has 0 saturated heterocycles. The maximum Gasteiger partial charge on any atom is 0.259 e. The minimum atomic E-state index is -1.03. The standard InChI is InChI=1S/C24H20ClN3O4/c1-32-18-11-9-15(10-12-18)24(31)28-20-8-3-2-7-19(20)27-23(30)21(28)14-22(29)26-17-6-4-5-16(25)13-17/h2-13,21H,14H2,1H3,(H,26,29)(H,27,30)/t21-/m0/s1. The van der Waals surface area contributed by atoms with Crippen molar-refractivity contribution in [3.05, 3.63) is 83.4 Å². The molecule has 1 heterocycles. The first-order valence-corrected chi connectivity index (χ1v) is 10.3. The summed E-state index contributed by atoms with van der Waals surface area (Å²) in [6, 6.07) is 19.2. The fourth-order valence-electron chi connectivity index (χ4n) is 3.55. The van der Waals surface area contributed by atoms with Crippen LogP contribution in [-0.2, 0) is 9.59 Å². The molecule has 2 N–H and O–H groups in total. The summed E-state index contributed by atoms with van der Waals surface area (Å²) in [4.78, 5) is 40.5. The number of amides is 3. The van der Waals surface area contributed by atoms with Gasteiger partial charge in [-0.25, -0.2) is 0 Å². The second kappa shape index (κ2) is 9.11. The number of anilines is 3. The molecule has 32 heavy (non-hydrogen) atoms. The van der Waals surface area contributed by atoms with E-state index in [0.29, 0.717) is 33.4 Å². The zero-order valence-electron chi connectivity index (χ0n) is 17.2. The molecule has 3 amide bonds. The largest absolute Gasteiger partial charge is 0.497 e. The van der Waals surface area contributed by atoms with Gasteiger partial charge in [0.2, 0.25) is 11.8 Å². The van der Waals surface area contributed by atoms with Gasteiger partial charge in [-0.2, -0.15) is 0 Å². The summed E-state index contributed by atoms with van der Waals surface area (Å²) in [5.41, 5.74) is 1.90. The van der Waals surface area contributed by atoms with Crippen LogP contribution in [0.1, 0.15) is 16.8 Å². The van der Waals surface area contributed by atoms with Gasteiger partial charge in [0.15, 0.2) is 0 Å². The van der Waals surface area contributed by atoms with E-state index in [1.807, 2.05) is 0 Å². The molecule has 7 nitrogen and oxygen atoms in total. The van der Waals surface area contributed by atoms with Crippen molar-refractivity contribution in [3.8, 4) is 5.75 Å². The lowest BCUT2D eigenvalue weighted by Gasteiger charge is -2.36. The van der Waals surface area contributed by atoms with Crippen LogP contribution >= 0.6 is 11.6 Å². The minimum absolute atomic E-state index is 0.228. The van der Waals surface area contributed by atoms with Crippen LogP contribution in [0.4, 0.5) is 17.1 Å². The van der Waals surface area contributed by atoms with E-state index < -0.39 is 23.8 Å². The molecule has 8 heteroatoms. The smallest absolute Gasteiger partial charge is 0.259 e. The van der Waals surface area contributed by atoms with Gasteiger partial charge >= 0.3 is 0 Å². The third-order valence-electron chi connectivity index (χ3n) is 5.08. The lowest BCUT2D eigenvalue weighted by atomic mass is 10.0. The zero-order valence-corrected chi connectivity index (χ0v) is 17.9. The second-order valence-electron chi connectivity index (χ2n) is 7.19. The van der Waals surface area contributed by atoms with Crippen LogP contribution in [0.2, 0.25) is 5.02 Å². The Bertz CT molecular complexity index is 1180. The predicted molar refractivity (Wildman–Crippen MR) is 123 cm³/mol. The van der Waals surface area contributed by atoms with Crippen molar-refractivity contribution in [2.75, 3.05) is 22.6 Å². The molecular weight excluding hydrogens is 430 g/mol. The maximum absolute atomic E-state index is 13.5. The Hall–Kier alpha value is -3.84. The monoisotopic (exact) mass is 449 g/mol. The number of nitrogens with one attached hydrogen (secondary N) is 2. The SMILES string of the molecule is COc1ccc(C(=O)N2c3ccccc3NC(=O)[C@@H]2CC(=O)Nc2cccc(Cl)c2)cc1. The highest BCUT2D eigenvalue weighted by Crippen LogP contribution is 2.34. The number of halogens is 1. The van der Waals surface area contributed by atoms with Gasteiger partial charge in [-0.3, -0.25) is 19.3 Å². The van der Waals surface area contributed by atoms with E-state index in [0.717, 1.165) is 0 Å². The van der Waals surface area contributed by atoms with Crippen LogP contribution in [0.15, 0.2) is 72.8 Å². The van der Waals surface area contributed by atoms with E-state index in [1.165, 1.54) is 12.0 Å². The lowest BCUT2D eigenvalue weighted by Crippen LogP contribution is -2.52. The molecule has 0 saturated carbocycles. The van der Waals surface area contributed by atoms with Crippen molar-refractivity contribution in [2.24, 2.45) is 0 Å². The Morgan fingerprint density at radius 2 is 1.81 bits per heavy atom. The molecule has 0 aromatic heterocycles. The van der Waals surface area contributed by atoms with Crippen LogP contribution in [-0.4, -0.2) is 30.9 Å². The van der Waals surface area contributed by atoms with E-state index >= 15 is 0 Å². The molecule has 1 atom stereocenters. The number of hydrogen-bond donors (Lipinski definition) is 2. The van der Waals surface area contributed by atoms with Crippen molar-refractivity contribution >= 4 is 46.4 Å². The molecule has 162 valence electrons. The first-order valence-electron chi connectivity index (χ1n) is 9.89. The van der Waals surface area contributed by atoms with E-state index in [1.54, 1.807) is 72.8 Å². The van der Waals surface area contributed by atoms with Crippen molar-refractivity contribution < 1.29 is 19.1 Å². The summed E-state index contributed by atoms with van der Waals surface area (Å²) in [5, 5.41) is 6.00. The lowest BCUT2D eigenvalue weighted by molar-refractivity contribution is -0.122. The average Bonchev–Trinajstić information content (AvgIpc) is 2.79. The van der Waals surface area contributed by atoms with Gasteiger partial charge in [-0.05, 0) is 54.6 Å². The number of methoxy groups -OCH3 is 1. The normalized spacial score (nSPS) is 14.9. The van der Waals surface area contributed by atoms with Gasteiger partial charge in [-0.1, -0.05) is 29.8 Å². The number of ether oxygens (including phenoxy) is 1. The fourth-order valence-corrected chi connectivity index (χ4v) is 3.74. The highest BCUT2D eigenvalue weighted by molar-refractivity contribution is 6.31. The summed E-state index contributed by atoms with van der Waals surface area (Å²) < 4.78 is 5.16. The van der Waals surface area contributed by atoms with E-state index in [-0.39, 0.29) is 6.42 Å². The molecule has 1 aliphatic rings. The summed E-state index contributed by atoms with van der Waals surface area (Å²) in [6.45, 7) is 0. The van der Waals surface area contributed by atoms with Crippen molar-refractivity contribution in [3.63, 3.8) is 0 Å². The molecule has 4 rings (SSSR count). The van der Waals surface area contributed by atoms with Crippen LogP contribution in [0.25, 0.3) is 0 Å². The molecule has 0 radical (unpaired) electrons. The molecule has 0 fully saturated rings. The van der Waals surface area contributed by atoms with Crippen LogP contribution in [0.5, 0.6) is 5.75 Å². The first-order chi connectivity index (χ1) is 15.5. The first kappa shape index (κ1) is 21.4. The number of carbonyl (C=O) groups excluding carboxylic acids is 3. The molecule has 3 aromatic carbocycles. The highest BCUT2D eigenvalue weighted by atomic mass is 35.5. The van der Waals surface area contributed by atoms with Gasteiger partial charge in [0.25, 0.3) is 5.91 Å². The third kappa shape index (κ3) is 4.43. The molecule has 0 aliphatic carbocycles. The number of carbonyl (C=O) groups is 3. The number of benzene rings is 3. The van der Waals surface area contributed by atoms with Crippen molar-refractivity contribution in [1.82, 2.24) is 0 Å². The van der Waals surface area contributed by atoms with E-state index in [2.05, 4.69) is 10.6 Å². The number of fused-ring (bicyclic) bond motifs is 1. The molecular formula is C24H20ClN3O4. The number of para-hydroxylation sites is 2. The average molecular weight is 450 g/mol. The Morgan fingerprint density at radius 1 is 1.06 bits per heavy atom.